The molecule has 3 heterocycles. The van der Waals surface area contributed by atoms with Crippen LogP contribution in [0.5, 0.6) is 0 Å². The quantitative estimate of drug-likeness (QED) is 0.455. The molecule has 6 heteroatoms. The molecular formula is C20H21ClN4S. The van der Waals surface area contributed by atoms with Crippen molar-refractivity contribution in [2.24, 2.45) is 0 Å². The number of rotatable bonds is 6. The standard InChI is InChI=1S/C20H21ClN4S/c1-2-3-4-16-24-17-18(19-15(9-10-26-19)23-20(17)22)25(16)12-14-7-5-13(11-21)6-8-14/h5-10H,2-4,11-12H2,1H3,(H2,22,23). The minimum Gasteiger partial charge on any atom is -0.382 e. The van der Waals surface area contributed by atoms with Crippen molar-refractivity contribution in [1.29, 1.82) is 0 Å². The Kier molecular flexibility index (Phi) is 4.83. The van der Waals surface area contributed by atoms with Gasteiger partial charge in [-0.05, 0) is 29.0 Å². The summed E-state index contributed by atoms with van der Waals surface area (Å²) in [6.07, 6.45) is 3.18. The number of hydrogen-bond donors (Lipinski definition) is 1. The summed E-state index contributed by atoms with van der Waals surface area (Å²) in [5.41, 5.74) is 11.5. The maximum atomic E-state index is 6.23. The monoisotopic (exact) mass is 384 g/mol. The molecule has 26 heavy (non-hydrogen) atoms. The summed E-state index contributed by atoms with van der Waals surface area (Å²) in [6.45, 7) is 2.97. The molecule has 0 spiro atoms. The molecular weight excluding hydrogens is 364 g/mol. The summed E-state index contributed by atoms with van der Waals surface area (Å²) >= 11 is 7.62. The number of fused-ring (bicyclic) bond motifs is 3. The van der Waals surface area contributed by atoms with Gasteiger partial charge in [-0.3, -0.25) is 0 Å². The summed E-state index contributed by atoms with van der Waals surface area (Å²) in [5.74, 6) is 2.13. The number of halogens is 1. The first-order valence-electron chi connectivity index (χ1n) is 8.86. The van der Waals surface area contributed by atoms with E-state index in [2.05, 4.69) is 46.1 Å². The van der Waals surface area contributed by atoms with Crippen LogP contribution < -0.4 is 5.73 Å². The Morgan fingerprint density at radius 2 is 1.88 bits per heavy atom. The molecule has 4 aromatic rings. The van der Waals surface area contributed by atoms with Crippen molar-refractivity contribution >= 4 is 50.0 Å². The molecule has 0 atom stereocenters. The second-order valence-electron chi connectivity index (χ2n) is 6.50. The molecule has 1 aromatic carbocycles. The number of imidazole rings is 1. The third-order valence-corrected chi connectivity index (χ3v) is 5.88. The van der Waals surface area contributed by atoms with Crippen LogP contribution in [0, 0.1) is 0 Å². The van der Waals surface area contributed by atoms with Gasteiger partial charge in [0.1, 0.15) is 11.3 Å². The average molecular weight is 385 g/mol. The van der Waals surface area contributed by atoms with Gasteiger partial charge < -0.3 is 10.3 Å². The summed E-state index contributed by atoms with van der Waals surface area (Å²) in [4.78, 5) is 9.40. The second kappa shape index (κ2) is 7.25. The van der Waals surface area contributed by atoms with Gasteiger partial charge in [-0.2, -0.15) is 0 Å². The Morgan fingerprint density at radius 1 is 1.12 bits per heavy atom. The Balaban J connectivity index is 1.88. The van der Waals surface area contributed by atoms with Crippen LogP contribution in [0.1, 0.15) is 36.7 Å². The number of nitrogen functional groups attached to an aromatic ring is 1. The van der Waals surface area contributed by atoms with Crippen LogP contribution in [0.2, 0.25) is 0 Å². The first kappa shape index (κ1) is 17.3. The lowest BCUT2D eigenvalue weighted by Crippen LogP contribution is -2.05. The molecule has 0 fully saturated rings. The van der Waals surface area contributed by atoms with Crippen molar-refractivity contribution in [3.63, 3.8) is 0 Å². The van der Waals surface area contributed by atoms with Crippen molar-refractivity contribution in [1.82, 2.24) is 14.5 Å². The fraction of sp³-hybridized carbons (Fsp3) is 0.300. The lowest BCUT2D eigenvalue weighted by Gasteiger charge is -2.10. The van der Waals surface area contributed by atoms with Gasteiger partial charge >= 0.3 is 0 Å². The van der Waals surface area contributed by atoms with E-state index in [0.717, 1.165) is 58.4 Å². The molecule has 0 saturated heterocycles. The van der Waals surface area contributed by atoms with Crippen molar-refractivity contribution in [3.8, 4) is 0 Å². The van der Waals surface area contributed by atoms with Gasteiger partial charge in [0.15, 0.2) is 5.82 Å². The zero-order valence-electron chi connectivity index (χ0n) is 14.7. The van der Waals surface area contributed by atoms with Crippen LogP contribution in [0.15, 0.2) is 35.7 Å². The van der Waals surface area contributed by atoms with Gasteiger partial charge in [0.05, 0.1) is 15.7 Å². The van der Waals surface area contributed by atoms with Crippen molar-refractivity contribution in [2.45, 2.75) is 38.6 Å². The van der Waals surface area contributed by atoms with E-state index in [1.54, 1.807) is 11.3 Å². The molecule has 0 amide bonds. The predicted molar refractivity (Wildman–Crippen MR) is 111 cm³/mol. The highest BCUT2D eigenvalue weighted by atomic mass is 35.5. The first-order valence-corrected chi connectivity index (χ1v) is 10.3. The molecule has 4 rings (SSSR count). The van der Waals surface area contributed by atoms with E-state index in [1.807, 2.05) is 6.07 Å². The van der Waals surface area contributed by atoms with Crippen molar-refractivity contribution in [3.05, 3.63) is 52.7 Å². The summed E-state index contributed by atoms with van der Waals surface area (Å²) in [7, 11) is 0. The van der Waals surface area contributed by atoms with Crippen molar-refractivity contribution in [2.75, 3.05) is 5.73 Å². The van der Waals surface area contributed by atoms with E-state index in [9.17, 15) is 0 Å². The highest BCUT2D eigenvalue weighted by Crippen LogP contribution is 2.33. The number of aryl methyl sites for hydroxylation is 1. The van der Waals surface area contributed by atoms with E-state index in [1.165, 1.54) is 5.56 Å². The number of pyridine rings is 1. The Hall–Kier alpha value is -2.11. The maximum Gasteiger partial charge on any atom is 0.152 e. The molecule has 4 nitrogen and oxygen atoms in total. The molecule has 2 N–H and O–H groups in total. The second-order valence-corrected chi connectivity index (χ2v) is 7.68. The van der Waals surface area contributed by atoms with Crippen LogP contribution in [0.3, 0.4) is 0 Å². The number of nitrogens with two attached hydrogens (primary N) is 1. The van der Waals surface area contributed by atoms with Gasteiger partial charge in [0.25, 0.3) is 0 Å². The number of alkyl halides is 1. The number of benzene rings is 1. The molecule has 0 radical (unpaired) electrons. The van der Waals surface area contributed by atoms with Crippen LogP contribution in [0.25, 0.3) is 21.3 Å². The zero-order valence-corrected chi connectivity index (χ0v) is 16.3. The minimum absolute atomic E-state index is 0.514. The highest BCUT2D eigenvalue weighted by molar-refractivity contribution is 7.18. The summed E-state index contributed by atoms with van der Waals surface area (Å²) in [6, 6.07) is 10.5. The molecule has 0 saturated carbocycles. The topological polar surface area (TPSA) is 56.7 Å². The molecule has 134 valence electrons. The van der Waals surface area contributed by atoms with E-state index < -0.39 is 0 Å². The van der Waals surface area contributed by atoms with E-state index in [0.29, 0.717) is 11.7 Å². The fourth-order valence-electron chi connectivity index (χ4n) is 3.27. The van der Waals surface area contributed by atoms with Gasteiger partial charge in [0.2, 0.25) is 0 Å². The number of hydrogen-bond acceptors (Lipinski definition) is 4. The third-order valence-electron chi connectivity index (χ3n) is 4.66. The van der Waals surface area contributed by atoms with Crippen molar-refractivity contribution < 1.29 is 0 Å². The number of thiophene rings is 1. The van der Waals surface area contributed by atoms with Crippen LogP contribution in [-0.2, 0) is 18.8 Å². The van der Waals surface area contributed by atoms with Crippen LogP contribution >= 0.6 is 22.9 Å². The molecule has 0 aliphatic rings. The van der Waals surface area contributed by atoms with Gasteiger partial charge in [-0.1, -0.05) is 37.6 Å². The number of aromatic nitrogens is 3. The summed E-state index contributed by atoms with van der Waals surface area (Å²) in [5, 5.41) is 2.06. The fourth-order valence-corrected chi connectivity index (χ4v) is 4.33. The zero-order chi connectivity index (χ0) is 18.1. The molecule has 0 aliphatic heterocycles. The van der Waals surface area contributed by atoms with Crippen LogP contribution in [-0.4, -0.2) is 14.5 Å². The van der Waals surface area contributed by atoms with Crippen LogP contribution in [0.4, 0.5) is 5.82 Å². The number of anilines is 1. The van der Waals surface area contributed by atoms with E-state index in [4.69, 9.17) is 22.3 Å². The van der Waals surface area contributed by atoms with E-state index in [-0.39, 0.29) is 0 Å². The molecule has 0 bridgehead atoms. The number of unbranched alkanes of at least 4 members (excludes halogenated alkanes) is 1. The normalized spacial score (nSPS) is 11.6. The average Bonchev–Trinajstić information content (AvgIpc) is 3.25. The lowest BCUT2D eigenvalue weighted by molar-refractivity contribution is 0.691. The smallest absolute Gasteiger partial charge is 0.152 e. The Labute approximate surface area is 161 Å². The SMILES string of the molecule is CCCCc1nc2c(N)nc3ccsc3c2n1Cc1ccc(CCl)cc1. The summed E-state index contributed by atoms with van der Waals surface area (Å²) < 4.78 is 3.47. The van der Waals surface area contributed by atoms with Gasteiger partial charge in [-0.25, -0.2) is 9.97 Å². The molecule has 0 aliphatic carbocycles. The highest BCUT2D eigenvalue weighted by Gasteiger charge is 2.18. The Morgan fingerprint density at radius 3 is 2.62 bits per heavy atom. The predicted octanol–water partition coefficient (Wildman–Crippen LogP) is 5.36. The Bertz CT molecular complexity index is 1050. The first-order chi connectivity index (χ1) is 12.7. The molecule has 0 unspecified atom stereocenters. The van der Waals surface area contributed by atoms with E-state index >= 15 is 0 Å². The number of nitrogens with zero attached hydrogens (tertiary/aromatic N) is 3. The van der Waals surface area contributed by atoms with Gasteiger partial charge in [-0.15, -0.1) is 22.9 Å². The molecule has 3 aromatic heterocycles. The largest absolute Gasteiger partial charge is 0.382 e. The third kappa shape index (κ3) is 3.06. The lowest BCUT2D eigenvalue weighted by atomic mass is 10.1. The minimum atomic E-state index is 0.514. The van der Waals surface area contributed by atoms with Gasteiger partial charge in [0, 0.05) is 18.8 Å². The maximum absolute atomic E-state index is 6.23.